The summed E-state index contributed by atoms with van der Waals surface area (Å²) < 4.78 is 6.14. The number of aromatic nitrogens is 4. The Morgan fingerprint density at radius 3 is 0.842 bits per heavy atom. The van der Waals surface area contributed by atoms with Crippen LogP contribution in [-0.4, -0.2) is 39.6 Å². The van der Waals surface area contributed by atoms with Crippen molar-refractivity contribution in [1.29, 1.82) is 0 Å². The van der Waals surface area contributed by atoms with E-state index >= 15 is 0 Å². The molecule has 2 heterocycles. The molecule has 6 aromatic carbocycles. The lowest BCUT2D eigenvalue weighted by molar-refractivity contribution is -0.422. The number of hydrogen-bond acceptors (Lipinski definition) is 13. The van der Waals surface area contributed by atoms with Crippen LogP contribution in [0, 0.1) is 40.5 Å². The van der Waals surface area contributed by atoms with Crippen LogP contribution in [0.3, 0.4) is 0 Å². The minimum Gasteiger partial charge on any atom is -0.457 e. The number of nitro groups is 4. The number of nitrogens with zero attached hydrogens (tertiary/aromatic N) is 8. The summed E-state index contributed by atoms with van der Waals surface area (Å²) in [5.41, 5.74) is 1.81. The van der Waals surface area contributed by atoms with Crippen molar-refractivity contribution in [3.63, 3.8) is 0 Å². The molecule has 0 saturated carbocycles. The first kappa shape index (κ1) is 35.4. The maximum atomic E-state index is 11.7. The monoisotopic (exact) mass is 758 g/mol. The zero-order valence-corrected chi connectivity index (χ0v) is 29.0. The second kappa shape index (κ2) is 14.3. The van der Waals surface area contributed by atoms with E-state index in [1.165, 1.54) is 0 Å². The maximum Gasteiger partial charge on any atom is 0.348 e. The highest BCUT2D eigenvalue weighted by Gasteiger charge is 2.28. The lowest BCUT2D eigenvalue weighted by atomic mass is 10.0. The molecule has 2 aromatic heterocycles. The van der Waals surface area contributed by atoms with Gasteiger partial charge in [0.15, 0.2) is 0 Å². The van der Waals surface area contributed by atoms with Gasteiger partial charge in [0.05, 0.1) is 88.8 Å². The van der Waals surface area contributed by atoms with Gasteiger partial charge in [0.1, 0.15) is 11.5 Å². The van der Waals surface area contributed by atoms with Crippen LogP contribution in [0.15, 0.2) is 133 Å². The molecule has 0 aliphatic heterocycles. The molecular weight excluding hydrogens is 736 g/mol. The summed E-state index contributed by atoms with van der Waals surface area (Å²) in [5, 5.41) is 46.6. The summed E-state index contributed by atoms with van der Waals surface area (Å²) in [5.74, 6) is 0.911. The summed E-state index contributed by atoms with van der Waals surface area (Å²) in [7, 11) is 0. The Morgan fingerprint density at radius 1 is 0.351 bits per heavy atom. The summed E-state index contributed by atoms with van der Waals surface area (Å²) in [4.78, 5) is 62.0. The normalized spacial score (nSPS) is 11.0. The predicted octanol–water partition coefficient (Wildman–Crippen LogP) is 9.67. The molecular formula is C40H22N8O9. The molecule has 0 radical (unpaired) electrons. The van der Waals surface area contributed by atoms with Gasteiger partial charge >= 0.3 is 22.7 Å². The van der Waals surface area contributed by atoms with Crippen molar-refractivity contribution < 1.29 is 24.4 Å². The van der Waals surface area contributed by atoms with E-state index in [0.29, 0.717) is 56.5 Å². The molecule has 57 heavy (non-hydrogen) atoms. The van der Waals surface area contributed by atoms with E-state index in [1.54, 1.807) is 72.8 Å². The zero-order valence-electron chi connectivity index (χ0n) is 29.0. The Labute approximate surface area is 319 Å². The average Bonchev–Trinajstić information content (AvgIpc) is 3.22. The molecule has 0 atom stereocenters. The molecule has 8 rings (SSSR count). The summed E-state index contributed by atoms with van der Waals surface area (Å²) >= 11 is 0. The van der Waals surface area contributed by atoms with Crippen LogP contribution >= 0.6 is 0 Å². The van der Waals surface area contributed by atoms with Crippen molar-refractivity contribution in [2.75, 3.05) is 0 Å². The van der Waals surface area contributed by atoms with Crippen LogP contribution in [-0.2, 0) is 0 Å². The molecule has 0 spiro atoms. The van der Waals surface area contributed by atoms with E-state index in [0.717, 1.165) is 24.3 Å². The third-order valence-corrected chi connectivity index (χ3v) is 8.89. The topological polar surface area (TPSA) is 233 Å². The molecule has 276 valence electrons. The van der Waals surface area contributed by atoms with Gasteiger partial charge in [-0.05, 0) is 48.5 Å². The predicted molar refractivity (Wildman–Crippen MR) is 208 cm³/mol. The zero-order chi connectivity index (χ0) is 39.8. The standard InChI is InChI=1S/C40H22N8O9/c49-45(50)33-19-29-31(21-35(33)47(53)54)43-39(37(41-29)23-7-3-1-4-8-23)25-11-15-27(16-12-25)57-28-17-13-26(14-18-28)40-38(24-9-5-2-6-10-24)42-30-20-34(46(51)52)36(48(55)56)22-32(30)44-40/h1-22H. The van der Waals surface area contributed by atoms with Gasteiger partial charge in [-0.25, -0.2) is 19.9 Å². The van der Waals surface area contributed by atoms with E-state index in [9.17, 15) is 40.5 Å². The van der Waals surface area contributed by atoms with Gasteiger partial charge in [-0.3, -0.25) is 40.5 Å². The molecule has 17 heteroatoms. The van der Waals surface area contributed by atoms with Crippen molar-refractivity contribution in [3.8, 4) is 56.5 Å². The molecule has 0 bridgehead atoms. The number of benzene rings is 6. The van der Waals surface area contributed by atoms with Gasteiger partial charge in [-0.1, -0.05) is 60.7 Å². The second-order valence-corrected chi connectivity index (χ2v) is 12.4. The van der Waals surface area contributed by atoms with Gasteiger partial charge in [-0.2, -0.15) is 0 Å². The number of ether oxygens (including phenoxy) is 1. The highest BCUT2D eigenvalue weighted by atomic mass is 16.6. The second-order valence-electron chi connectivity index (χ2n) is 12.4. The average molecular weight is 759 g/mol. The van der Waals surface area contributed by atoms with Gasteiger partial charge in [-0.15, -0.1) is 0 Å². The first-order valence-electron chi connectivity index (χ1n) is 16.8. The lowest BCUT2D eigenvalue weighted by Gasteiger charge is -2.13. The van der Waals surface area contributed by atoms with Crippen molar-refractivity contribution in [3.05, 3.63) is 174 Å². The van der Waals surface area contributed by atoms with Crippen LogP contribution < -0.4 is 4.74 Å². The molecule has 0 unspecified atom stereocenters. The van der Waals surface area contributed by atoms with Crippen LogP contribution in [0.25, 0.3) is 67.1 Å². The smallest absolute Gasteiger partial charge is 0.348 e. The van der Waals surface area contributed by atoms with E-state index in [2.05, 4.69) is 19.9 Å². The van der Waals surface area contributed by atoms with Crippen molar-refractivity contribution in [2.24, 2.45) is 0 Å². The number of fused-ring (bicyclic) bond motifs is 2. The van der Waals surface area contributed by atoms with Crippen LogP contribution in [0.4, 0.5) is 22.7 Å². The summed E-state index contributed by atoms with van der Waals surface area (Å²) in [6.07, 6.45) is 0. The van der Waals surface area contributed by atoms with Gasteiger partial charge in [0.2, 0.25) is 0 Å². The highest BCUT2D eigenvalue weighted by Crippen LogP contribution is 2.38. The molecule has 0 fully saturated rings. The molecule has 17 nitrogen and oxygen atoms in total. The summed E-state index contributed by atoms with van der Waals surface area (Å²) in [6, 6.07) is 36.1. The van der Waals surface area contributed by atoms with Gasteiger partial charge < -0.3 is 4.74 Å². The third-order valence-electron chi connectivity index (χ3n) is 8.89. The fourth-order valence-corrected chi connectivity index (χ4v) is 6.24. The van der Waals surface area contributed by atoms with Crippen molar-refractivity contribution in [2.45, 2.75) is 0 Å². The molecule has 0 aliphatic rings. The van der Waals surface area contributed by atoms with Crippen LogP contribution in [0.5, 0.6) is 11.5 Å². The molecule has 0 aliphatic carbocycles. The van der Waals surface area contributed by atoms with Crippen molar-refractivity contribution in [1.82, 2.24) is 19.9 Å². The van der Waals surface area contributed by atoms with Gasteiger partial charge in [0, 0.05) is 22.3 Å². The third kappa shape index (κ3) is 6.85. The maximum absolute atomic E-state index is 11.7. The number of hydrogen-bond donors (Lipinski definition) is 0. The SMILES string of the molecule is O=[N+]([O-])c1cc2nc(-c3ccccc3)c(-c3ccc(Oc4ccc(-c5nc6cc([N+](=O)[O-])c([N+](=O)[O-])cc6nc5-c5ccccc5)cc4)cc3)nc2cc1[N+](=O)[O-]. The minimum absolute atomic E-state index is 0.105. The Bertz CT molecular complexity index is 2730. The van der Waals surface area contributed by atoms with E-state index in [-0.39, 0.29) is 22.1 Å². The number of rotatable bonds is 10. The molecule has 0 saturated heterocycles. The van der Waals surface area contributed by atoms with E-state index in [1.807, 2.05) is 36.4 Å². The Morgan fingerprint density at radius 2 is 0.596 bits per heavy atom. The van der Waals surface area contributed by atoms with Crippen molar-refractivity contribution >= 4 is 44.8 Å². The first-order valence-corrected chi connectivity index (χ1v) is 16.8. The Kier molecular flexibility index (Phi) is 8.91. The summed E-state index contributed by atoms with van der Waals surface area (Å²) in [6.45, 7) is 0. The first-order chi connectivity index (χ1) is 27.5. The minimum atomic E-state index is -0.830. The molecule has 0 N–H and O–H groups in total. The Hall–Kier alpha value is -8.60. The van der Waals surface area contributed by atoms with E-state index in [4.69, 9.17) is 4.74 Å². The Balaban J connectivity index is 1.13. The molecule has 8 aromatic rings. The fourth-order valence-electron chi connectivity index (χ4n) is 6.24. The van der Waals surface area contributed by atoms with Crippen LogP contribution in [0.1, 0.15) is 0 Å². The van der Waals surface area contributed by atoms with Crippen LogP contribution in [0.2, 0.25) is 0 Å². The quantitative estimate of drug-likeness (QED) is 0.0934. The largest absolute Gasteiger partial charge is 0.457 e. The van der Waals surface area contributed by atoms with Gasteiger partial charge in [0.25, 0.3) is 0 Å². The number of nitro benzene ring substituents is 4. The lowest BCUT2D eigenvalue weighted by Crippen LogP contribution is -2.00. The molecule has 0 amide bonds. The fraction of sp³-hybridized carbons (Fsp3) is 0. The van der Waals surface area contributed by atoms with E-state index < -0.39 is 42.4 Å². The highest BCUT2D eigenvalue weighted by molar-refractivity contribution is 5.91.